The SMILES string of the molecule is Cn1c(=O)ccn(CC(=O)N2CCCCC2Cn2cccn2)c1=O. The predicted molar refractivity (Wildman–Crippen MR) is 87.5 cm³/mol. The summed E-state index contributed by atoms with van der Waals surface area (Å²) in [5.41, 5.74) is -0.852. The van der Waals surface area contributed by atoms with Gasteiger partial charge in [-0.15, -0.1) is 0 Å². The lowest BCUT2D eigenvalue weighted by Crippen LogP contribution is -2.48. The second-order valence-corrected chi connectivity index (χ2v) is 6.09. The molecule has 2 aromatic rings. The van der Waals surface area contributed by atoms with Gasteiger partial charge in [0.05, 0.1) is 12.6 Å². The zero-order valence-electron chi connectivity index (χ0n) is 13.7. The van der Waals surface area contributed by atoms with E-state index in [4.69, 9.17) is 0 Å². The summed E-state index contributed by atoms with van der Waals surface area (Å²) in [5, 5.41) is 4.21. The molecule has 0 aromatic carbocycles. The molecule has 3 rings (SSSR count). The van der Waals surface area contributed by atoms with Crippen LogP contribution in [0.5, 0.6) is 0 Å². The molecule has 0 radical (unpaired) electrons. The van der Waals surface area contributed by atoms with Crippen molar-refractivity contribution in [2.75, 3.05) is 6.54 Å². The van der Waals surface area contributed by atoms with Crippen LogP contribution in [0.15, 0.2) is 40.3 Å². The number of likely N-dealkylation sites (tertiary alicyclic amines) is 1. The zero-order valence-corrected chi connectivity index (χ0v) is 13.7. The van der Waals surface area contributed by atoms with Crippen molar-refractivity contribution in [3.8, 4) is 0 Å². The molecule has 1 aliphatic heterocycles. The van der Waals surface area contributed by atoms with Gasteiger partial charge in [0.25, 0.3) is 5.56 Å². The third-order valence-electron chi connectivity index (χ3n) is 4.47. The van der Waals surface area contributed by atoms with Gasteiger partial charge in [0, 0.05) is 38.2 Å². The lowest BCUT2D eigenvalue weighted by Gasteiger charge is -2.36. The largest absolute Gasteiger partial charge is 0.336 e. The maximum Gasteiger partial charge on any atom is 0.331 e. The molecule has 1 fully saturated rings. The van der Waals surface area contributed by atoms with Gasteiger partial charge in [-0.25, -0.2) is 4.79 Å². The first-order valence-corrected chi connectivity index (χ1v) is 8.09. The van der Waals surface area contributed by atoms with E-state index in [0.29, 0.717) is 13.1 Å². The number of nitrogens with zero attached hydrogens (tertiary/aromatic N) is 5. The number of hydrogen-bond acceptors (Lipinski definition) is 4. The number of carbonyl (C=O) groups excluding carboxylic acids is 1. The van der Waals surface area contributed by atoms with Crippen molar-refractivity contribution in [1.29, 1.82) is 0 Å². The molecule has 0 aliphatic carbocycles. The molecule has 24 heavy (non-hydrogen) atoms. The van der Waals surface area contributed by atoms with Crippen LogP contribution in [0.2, 0.25) is 0 Å². The lowest BCUT2D eigenvalue weighted by molar-refractivity contribution is -0.136. The summed E-state index contributed by atoms with van der Waals surface area (Å²) in [6.07, 6.45) is 7.95. The Kier molecular flexibility index (Phi) is 4.64. The smallest absolute Gasteiger partial charge is 0.331 e. The summed E-state index contributed by atoms with van der Waals surface area (Å²) < 4.78 is 4.11. The van der Waals surface area contributed by atoms with Gasteiger partial charge in [-0.2, -0.15) is 5.10 Å². The molecule has 1 amide bonds. The number of aromatic nitrogens is 4. The average Bonchev–Trinajstić information content (AvgIpc) is 3.09. The molecule has 0 N–H and O–H groups in total. The predicted octanol–water partition coefficient (Wildman–Crippen LogP) is -0.175. The zero-order chi connectivity index (χ0) is 17.1. The van der Waals surface area contributed by atoms with E-state index in [0.717, 1.165) is 23.8 Å². The van der Waals surface area contributed by atoms with E-state index in [1.54, 1.807) is 6.20 Å². The molecule has 128 valence electrons. The molecule has 0 spiro atoms. The van der Waals surface area contributed by atoms with E-state index in [2.05, 4.69) is 5.10 Å². The molecule has 0 bridgehead atoms. The highest BCUT2D eigenvalue weighted by atomic mass is 16.2. The van der Waals surface area contributed by atoms with Crippen molar-refractivity contribution in [2.45, 2.75) is 38.4 Å². The summed E-state index contributed by atoms with van der Waals surface area (Å²) in [6.45, 7) is 1.29. The number of piperidine rings is 1. The van der Waals surface area contributed by atoms with Crippen molar-refractivity contribution < 1.29 is 4.79 Å². The monoisotopic (exact) mass is 331 g/mol. The Hall–Kier alpha value is -2.64. The highest BCUT2D eigenvalue weighted by Crippen LogP contribution is 2.18. The van der Waals surface area contributed by atoms with Crippen LogP contribution in [-0.2, 0) is 24.9 Å². The van der Waals surface area contributed by atoms with Gasteiger partial charge in [0.15, 0.2) is 0 Å². The Morgan fingerprint density at radius 1 is 1.29 bits per heavy atom. The molecule has 3 heterocycles. The molecule has 0 saturated carbocycles. The average molecular weight is 331 g/mol. The van der Waals surface area contributed by atoms with Gasteiger partial charge < -0.3 is 4.90 Å². The summed E-state index contributed by atoms with van der Waals surface area (Å²) in [5.74, 6) is -0.104. The van der Waals surface area contributed by atoms with E-state index in [1.807, 2.05) is 21.8 Å². The van der Waals surface area contributed by atoms with Crippen LogP contribution < -0.4 is 11.2 Å². The van der Waals surface area contributed by atoms with Crippen molar-refractivity contribution in [1.82, 2.24) is 23.8 Å². The van der Waals surface area contributed by atoms with Crippen LogP contribution >= 0.6 is 0 Å². The number of rotatable bonds is 4. The van der Waals surface area contributed by atoms with E-state index >= 15 is 0 Å². The van der Waals surface area contributed by atoms with Crippen LogP contribution in [-0.4, -0.2) is 42.3 Å². The summed E-state index contributed by atoms with van der Waals surface area (Å²) in [4.78, 5) is 38.1. The second-order valence-electron chi connectivity index (χ2n) is 6.09. The van der Waals surface area contributed by atoms with Gasteiger partial charge in [-0.1, -0.05) is 0 Å². The third-order valence-corrected chi connectivity index (χ3v) is 4.47. The molecular weight excluding hydrogens is 310 g/mol. The topological polar surface area (TPSA) is 82.1 Å². The minimum absolute atomic E-state index is 0.0530. The molecule has 8 heteroatoms. The highest BCUT2D eigenvalue weighted by molar-refractivity contribution is 5.76. The van der Waals surface area contributed by atoms with Gasteiger partial charge in [-0.3, -0.25) is 23.4 Å². The molecule has 1 saturated heterocycles. The normalized spacial score (nSPS) is 17.9. The van der Waals surface area contributed by atoms with E-state index in [-0.39, 0.29) is 24.1 Å². The maximum absolute atomic E-state index is 12.7. The Balaban J connectivity index is 1.76. The fourth-order valence-electron chi connectivity index (χ4n) is 3.12. The molecule has 2 aromatic heterocycles. The summed E-state index contributed by atoms with van der Waals surface area (Å²) in [7, 11) is 1.41. The van der Waals surface area contributed by atoms with Crippen molar-refractivity contribution in [3.63, 3.8) is 0 Å². The first kappa shape index (κ1) is 16.2. The van der Waals surface area contributed by atoms with E-state index in [9.17, 15) is 14.4 Å². The first-order valence-electron chi connectivity index (χ1n) is 8.09. The quantitative estimate of drug-likeness (QED) is 0.778. The first-order chi connectivity index (χ1) is 11.6. The number of hydrogen-bond donors (Lipinski definition) is 0. The lowest BCUT2D eigenvalue weighted by atomic mass is 10.0. The Morgan fingerprint density at radius 2 is 2.12 bits per heavy atom. The van der Waals surface area contributed by atoms with Crippen LogP contribution in [0.4, 0.5) is 0 Å². The van der Waals surface area contributed by atoms with Crippen LogP contribution in [0.25, 0.3) is 0 Å². The summed E-state index contributed by atoms with van der Waals surface area (Å²) >= 11 is 0. The van der Waals surface area contributed by atoms with E-state index < -0.39 is 5.69 Å². The van der Waals surface area contributed by atoms with Crippen molar-refractivity contribution in [2.24, 2.45) is 7.05 Å². The highest BCUT2D eigenvalue weighted by Gasteiger charge is 2.27. The van der Waals surface area contributed by atoms with Gasteiger partial charge in [0.1, 0.15) is 6.54 Å². The standard InChI is InChI=1S/C16H21N5O3/c1-18-14(22)6-10-19(16(18)24)12-15(23)21-9-3-2-5-13(21)11-20-8-4-7-17-20/h4,6-8,10,13H,2-3,5,9,11-12H2,1H3. The minimum Gasteiger partial charge on any atom is -0.336 e. The van der Waals surface area contributed by atoms with Gasteiger partial charge in [-0.05, 0) is 25.3 Å². The molecular formula is C16H21N5O3. The molecule has 1 aliphatic rings. The molecule has 8 nitrogen and oxygen atoms in total. The third kappa shape index (κ3) is 3.32. The minimum atomic E-state index is -0.475. The molecule has 1 unspecified atom stereocenters. The van der Waals surface area contributed by atoms with Crippen LogP contribution in [0.3, 0.4) is 0 Å². The Labute approximate surface area is 138 Å². The van der Waals surface area contributed by atoms with E-state index in [1.165, 1.54) is 23.9 Å². The maximum atomic E-state index is 12.7. The van der Waals surface area contributed by atoms with Gasteiger partial charge in [0.2, 0.25) is 5.91 Å². The van der Waals surface area contributed by atoms with Crippen molar-refractivity contribution >= 4 is 5.91 Å². The Morgan fingerprint density at radius 3 is 2.88 bits per heavy atom. The fraction of sp³-hybridized carbons (Fsp3) is 0.500. The van der Waals surface area contributed by atoms with Crippen LogP contribution in [0.1, 0.15) is 19.3 Å². The summed E-state index contributed by atoms with van der Waals surface area (Å²) in [6, 6.07) is 3.24. The number of carbonyl (C=O) groups is 1. The van der Waals surface area contributed by atoms with Crippen molar-refractivity contribution in [3.05, 3.63) is 51.6 Å². The fourth-order valence-corrected chi connectivity index (χ4v) is 3.12. The van der Waals surface area contributed by atoms with Gasteiger partial charge >= 0.3 is 5.69 Å². The Bertz CT molecular complexity index is 821. The van der Waals surface area contributed by atoms with Crippen LogP contribution in [0, 0.1) is 0 Å². The molecule has 1 atom stereocenters. The number of amides is 1. The second kappa shape index (κ2) is 6.86.